The Morgan fingerprint density at radius 1 is 0.944 bits per heavy atom. The SMILES string of the molecule is O/N=C\c1ccc(-c2cccc3ccccc23)o1. The molecule has 3 heteroatoms. The molecule has 0 radical (unpaired) electrons. The molecule has 0 bridgehead atoms. The van der Waals surface area contributed by atoms with E-state index in [-0.39, 0.29) is 0 Å². The van der Waals surface area contributed by atoms with Gasteiger partial charge in [0.1, 0.15) is 17.7 Å². The van der Waals surface area contributed by atoms with Crippen LogP contribution in [0.4, 0.5) is 0 Å². The predicted molar refractivity (Wildman–Crippen MR) is 71.0 cm³/mol. The zero-order valence-corrected chi connectivity index (χ0v) is 9.58. The first kappa shape index (κ1) is 10.6. The third-order valence-corrected chi connectivity index (χ3v) is 2.87. The first-order chi connectivity index (χ1) is 8.88. The van der Waals surface area contributed by atoms with Gasteiger partial charge in [-0.05, 0) is 22.9 Å². The van der Waals surface area contributed by atoms with Gasteiger partial charge in [0, 0.05) is 5.56 Å². The largest absolute Gasteiger partial charge is 0.455 e. The monoisotopic (exact) mass is 237 g/mol. The Morgan fingerprint density at radius 2 is 1.78 bits per heavy atom. The van der Waals surface area contributed by atoms with Crippen LogP contribution in [0.3, 0.4) is 0 Å². The number of nitrogens with zero attached hydrogens (tertiary/aromatic N) is 1. The summed E-state index contributed by atoms with van der Waals surface area (Å²) in [6.45, 7) is 0. The molecule has 1 heterocycles. The fourth-order valence-electron chi connectivity index (χ4n) is 2.06. The standard InChI is InChI=1S/C15H11NO2/c17-16-10-12-8-9-15(18-12)14-7-3-5-11-4-1-2-6-13(11)14/h1-10,17H/b16-10-. The van der Waals surface area contributed by atoms with Crippen molar-refractivity contribution in [3.05, 3.63) is 60.4 Å². The first-order valence-corrected chi connectivity index (χ1v) is 5.64. The van der Waals surface area contributed by atoms with E-state index in [4.69, 9.17) is 9.62 Å². The van der Waals surface area contributed by atoms with E-state index in [0.29, 0.717) is 5.76 Å². The number of benzene rings is 2. The van der Waals surface area contributed by atoms with Crippen molar-refractivity contribution in [2.75, 3.05) is 0 Å². The molecule has 0 amide bonds. The Kier molecular flexibility index (Phi) is 2.57. The molecule has 3 nitrogen and oxygen atoms in total. The van der Waals surface area contributed by atoms with Crippen LogP contribution < -0.4 is 0 Å². The summed E-state index contributed by atoms with van der Waals surface area (Å²) in [6, 6.07) is 17.9. The third-order valence-electron chi connectivity index (χ3n) is 2.87. The zero-order chi connectivity index (χ0) is 12.4. The molecule has 0 saturated carbocycles. The Balaban J connectivity index is 2.18. The summed E-state index contributed by atoms with van der Waals surface area (Å²) in [7, 11) is 0. The average Bonchev–Trinajstić information content (AvgIpc) is 2.87. The van der Waals surface area contributed by atoms with Crippen molar-refractivity contribution in [1.82, 2.24) is 0 Å². The van der Waals surface area contributed by atoms with Crippen molar-refractivity contribution in [3.8, 4) is 11.3 Å². The summed E-state index contributed by atoms with van der Waals surface area (Å²) in [5, 5.41) is 13.7. The molecule has 0 spiro atoms. The van der Waals surface area contributed by atoms with Gasteiger partial charge in [0.15, 0.2) is 0 Å². The second kappa shape index (κ2) is 4.37. The van der Waals surface area contributed by atoms with Gasteiger partial charge in [-0.15, -0.1) is 0 Å². The Labute approximate surface area is 104 Å². The van der Waals surface area contributed by atoms with E-state index < -0.39 is 0 Å². The maximum absolute atomic E-state index is 8.48. The summed E-state index contributed by atoms with van der Waals surface area (Å²) >= 11 is 0. The highest BCUT2D eigenvalue weighted by Crippen LogP contribution is 2.29. The van der Waals surface area contributed by atoms with Crippen molar-refractivity contribution in [3.63, 3.8) is 0 Å². The number of hydrogen-bond donors (Lipinski definition) is 1. The van der Waals surface area contributed by atoms with Crippen LogP contribution in [0, 0.1) is 0 Å². The van der Waals surface area contributed by atoms with Crippen LogP contribution >= 0.6 is 0 Å². The van der Waals surface area contributed by atoms with Gasteiger partial charge in [-0.3, -0.25) is 0 Å². The topological polar surface area (TPSA) is 45.7 Å². The predicted octanol–water partition coefficient (Wildman–Crippen LogP) is 3.91. The van der Waals surface area contributed by atoms with Crippen molar-refractivity contribution in [1.29, 1.82) is 0 Å². The van der Waals surface area contributed by atoms with Crippen LogP contribution in [0.1, 0.15) is 5.76 Å². The molecule has 2 aromatic carbocycles. The molecule has 0 aliphatic rings. The zero-order valence-electron chi connectivity index (χ0n) is 9.58. The fourth-order valence-corrected chi connectivity index (χ4v) is 2.06. The summed E-state index contributed by atoms with van der Waals surface area (Å²) in [6.07, 6.45) is 1.27. The van der Waals surface area contributed by atoms with E-state index in [9.17, 15) is 0 Å². The Bertz CT molecular complexity index is 708. The molecule has 3 aromatic rings. The molecular weight excluding hydrogens is 226 g/mol. The van der Waals surface area contributed by atoms with Gasteiger partial charge >= 0.3 is 0 Å². The van der Waals surface area contributed by atoms with Crippen molar-refractivity contribution < 1.29 is 9.62 Å². The van der Waals surface area contributed by atoms with Crippen LogP contribution in [0.5, 0.6) is 0 Å². The lowest BCUT2D eigenvalue weighted by molar-refractivity contribution is 0.321. The molecule has 88 valence electrons. The highest BCUT2D eigenvalue weighted by atomic mass is 16.4. The normalized spacial score (nSPS) is 11.3. The number of hydrogen-bond acceptors (Lipinski definition) is 3. The number of oxime groups is 1. The molecule has 1 N–H and O–H groups in total. The molecule has 3 rings (SSSR count). The van der Waals surface area contributed by atoms with Gasteiger partial charge in [0.2, 0.25) is 0 Å². The lowest BCUT2D eigenvalue weighted by Gasteiger charge is -2.03. The molecule has 0 aliphatic carbocycles. The highest BCUT2D eigenvalue weighted by molar-refractivity contribution is 5.95. The van der Waals surface area contributed by atoms with Crippen LogP contribution in [-0.2, 0) is 0 Å². The summed E-state index contributed by atoms with van der Waals surface area (Å²) in [5.74, 6) is 1.29. The Hall–Kier alpha value is -2.55. The van der Waals surface area contributed by atoms with E-state index in [2.05, 4.69) is 23.4 Å². The van der Waals surface area contributed by atoms with E-state index in [0.717, 1.165) is 16.7 Å². The number of furan rings is 1. The van der Waals surface area contributed by atoms with Crippen molar-refractivity contribution in [2.45, 2.75) is 0 Å². The van der Waals surface area contributed by atoms with Gasteiger partial charge in [0.05, 0.1) is 0 Å². The Morgan fingerprint density at radius 3 is 2.67 bits per heavy atom. The maximum atomic E-state index is 8.48. The number of rotatable bonds is 2. The third kappa shape index (κ3) is 1.76. The average molecular weight is 237 g/mol. The molecule has 0 aliphatic heterocycles. The molecule has 18 heavy (non-hydrogen) atoms. The summed E-state index contributed by atoms with van der Waals surface area (Å²) < 4.78 is 5.61. The van der Waals surface area contributed by atoms with E-state index in [1.807, 2.05) is 30.3 Å². The minimum Gasteiger partial charge on any atom is -0.455 e. The lowest BCUT2D eigenvalue weighted by atomic mass is 10.0. The number of fused-ring (bicyclic) bond motifs is 1. The van der Waals surface area contributed by atoms with Gasteiger partial charge in [0.25, 0.3) is 0 Å². The van der Waals surface area contributed by atoms with Crippen LogP contribution in [0.15, 0.2) is 64.2 Å². The van der Waals surface area contributed by atoms with Crippen LogP contribution in [0.25, 0.3) is 22.1 Å². The fraction of sp³-hybridized carbons (Fsp3) is 0. The second-order valence-corrected chi connectivity index (χ2v) is 3.97. The lowest BCUT2D eigenvalue weighted by Crippen LogP contribution is -1.78. The summed E-state index contributed by atoms with van der Waals surface area (Å²) in [4.78, 5) is 0. The summed E-state index contributed by atoms with van der Waals surface area (Å²) in [5.41, 5.74) is 1.03. The molecular formula is C15H11NO2. The highest BCUT2D eigenvalue weighted by Gasteiger charge is 2.07. The molecule has 0 unspecified atom stereocenters. The molecule has 0 atom stereocenters. The first-order valence-electron chi connectivity index (χ1n) is 5.64. The minimum absolute atomic E-state index is 0.528. The second-order valence-electron chi connectivity index (χ2n) is 3.97. The van der Waals surface area contributed by atoms with E-state index >= 15 is 0 Å². The molecule has 0 saturated heterocycles. The van der Waals surface area contributed by atoms with Gasteiger partial charge in [-0.2, -0.15) is 0 Å². The van der Waals surface area contributed by atoms with Crippen molar-refractivity contribution in [2.24, 2.45) is 5.16 Å². The van der Waals surface area contributed by atoms with Gasteiger partial charge < -0.3 is 9.62 Å². The van der Waals surface area contributed by atoms with Crippen LogP contribution in [0.2, 0.25) is 0 Å². The quantitative estimate of drug-likeness (QED) is 0.417. The van der Waals surface area contributed by atoms with E-state index in [1.54, 1.807) is 6.07 Å². The molecule has 1 aromatic heterocycles. The van der Waals surface area contributed by atoms with E-state index in [1.165, 1.54) is 11.6 Å². The smallest absolute Gasteiger partial charge is 0.149 e. The maximum Gasteiger partial charge on any atom is 0.149 e. The van der Waals surface area contributed by atoms with Gasteiger partial charge in [-0.1, -0.05) is 47.6 Å². The molecule has 0 fully saturated rings. The van der Waals surface area contributed by atoms with Crippen molar-refractivity contribution >= 4 is 17.0 Å². The minimum atomic E-state index is 0.528. The van der Waals surface area contributed by atoms with Crippen LogP contribution in [-0.4, -0.2) is 11.4 Å². The van der Waals surface area contributed by atoms with Gasteiger partial charge in [-0.25, -0.2) is 0 Å².